The molecule has 0 spiro atoms. The van der Waals surface area contributed by atoms with Crippen LogP contribution in [0.3, 0.4) is 0 Å². The first kappa shape index (κ1) is 106. The van der Waals surface area contributed by atoms with Crippen LogP contribution in [0, 0.1) is 76.0 Å². The van der Waals surface area contributed by atoms with Crippen molar-refractivity contribution in [2.24, 2.45) is 0 Å². The Morgan fingerprint density at radius 1 is 0.431 bits per heavy atom. The normalized spacial score (nSPS) is 11.3. The number of aromatic nitrogens is 5. The molecule has 2 radical (unpaired) electrons. The fourth-order valence-corrected chi connectivity index (χ4v) is 17.7. The number of benzene rings is 14. The van der Waals surface area contributed by atoms with Crippen LogP contribution in [0.5, 0.6) is 11.5 Å². The summed E-state index contributed by atoms with van der Waals surface area (Å²) in [6.45, 7) is 30.3. The number of allylic oxidation sites excluding steroid dienone is 4. The molecule has 1 aliphatic rings. The van der Waals surface area contributed by atoms with Crippen molar-refractivity contribution in [3.8, 4) is 67.8 Å². The first-order valence-corrected chi connectivity index (χ1v) is 48.0. The Kier molecular flexibility index (Phi) is 38.9. The van der Waals surface area contributed by atoms with Gasteiger partial charge in [0, 0.05) is 111 Å². The number of hydrogen-bond acceptors (Lipinski definition) is 10. The van der Waals surface area contributed by atoms with E-state index >= 15 is 0 Å². The number of aliphatic hydroxyl groups is 2. The van der Waals surface area contributed by atoms with Gasteiger partial charge in [0.25, 0.3) is 0 Å². The van der Waals surface area contributed by atoms with E-state index < -0.39 is 8.07 Å². The number of pyridine rings is 3. The Balaban J connectivity index is 0.000000175. The number of aliphatic hydroxyl groups excluding tert-OH is 2. The molecule has 19 aromatic rings. The molecule has 17 heteroatoms. The number of carbonyl (C=O) groups excluding carboxylic acids is 2. The molecule has 0 saturated carbocycles. The van der Waals surface area contributed by atoms with E-state index in [4.69, 9.17) is 24.9 Å². The van der Waals surface area contributed by atoms with E-state index in [1.54, 1.807) is 0 Å². The molecular formula is C120H106Ir2N7O5Pt2Si-3. The molecule has 12 nitrogen and oxygen atoms in total. The van der Waals surface area contributed by atoms with Gasteiger partial charge in [-0.25, -0.2) is 0 Å². The van der Waals surface area contributed by atoms with Crippen LogP contribution in [-0.2, 0) is 91.9 Å². The molecule has 1 aliphatic heterocycles. The van der Waals surface area contributed by atoms with Gasteiger partial charge in [0.1, 0.15) is 0 Å². The Morgan fingerprint density at radius 2 is 0.912 bits per heavy atom. The van der Waals surface area contributed by atoms with Gasteiger partial charge in [-0.2, -0.15) is 91.0 Å². The molecule has 0 bridgehead atoms. The average Bonchev–Trinajstić information content (AvgIpc) is 1.63. The summed E-state index contributed by atoms with van der Waals surface area (Å²) in [7, 11) is -1.48. The van der Waals surface area contributed by atoms with Gasteiger partial charge < -0.3 is 48.8 Å². The van der Waals surface area contributed by atoms with Crippen molar-refractivity contribution in [2.75, 3.05) is 9.80 Å². The zero-order valence-corrected chi connectivity index (χ0v) is 89.2. The van der Waals surface area contributed by atoms with Gasteiger partial charge in [0.2, 0.25) is 0 Å². The van der Waals surface area contributed by atoms with Crippen LogP contribution in [0.15, 0.2) is 370 Å². The van der Waals surface area contributed by atoms with Gasteiger partial charge in [0.15, 0.2) is 11.6 Å². The van der Waals surface area contributed by atoms with Crippen molar-refractivity contribution in [3.05, 3.63) is 453 Å². The van der Waals surface area contributed by atoms with Gasteiger partial charge in [-0.1, -0.05) is 216 Å². The van der Waals surface area contributed by atoms with Crippen molar-refractivity contribution in [3.63, 3.8) is 0 Å². The molecule has 0 aliphatic carbocycles. The number of anilines is 4. The average molecular weight is 2530 g/mol. The summed E-state index contributed by atoms with van der Waals surface area (Å²) in [6, 6.07) is 139. The predicted molar refractivity (Wildman–Crippen MR) is 552 cm³/mol. The molecule has 0 fully saturated rings. The van der Waals surface area contributed by atoms with Crippen molar-refractivity contribution in [2.45, 2.75) is 108 Å². The number of aryl methyl sites for hydroxylation is 3. The number of ketones is 2. The van der Waals surface area contributed by atoms with E-state index in [0.29, 0.717) is 23.3 Å². The minimum Gasteiger partial charge on any atom is -0.512 e. The molecular weight excluding hydrogens is 2420 g/mol. The molecule has 20 rings (SSSR count). The summed E-state index contributed by atoms with van der Waals surface area (Å²) in [5.41, 5.74) is 25.8. The largest absolute Gasteiger partial charge is 4.00 e. The third-order valence-electron chi connectivity index (χ3n) is 22.0. The van der Waals surface area contributed by atoms with Crippen LogP contribution in [0.25, 0.3) is 111 Å². The first-order chi connectivity index (χ1) is 64.3. The molecule has 0 unspecified atom stereocenters. The molecule has 696 valence electrons. The second-order valence-corrected chi connectivity index (χ2v) is 39.1. The molecule has 137 heavy (non-hydrogen) atoms. The maximum Gasteiger partial charge on any atom is 4.00 e. The van der Waals surface area contributed by atoms with Crippen LogP contribution in [-0.4, -0.2) is 53.9 Å². The van der Waals surface area contributed by atoms with E-state index in [9.17, 15) is 9.59 Å². The van der Waals surface area contributed by atoms with E-state index in [0.717, 1.165) is 94.9 Å². The predicted octanol–water partition coefficient (Wildman–Crippen LogP) is 30.0. The van der Waals surface area contributed by atoms with Crippen LogP contribution in [0.1, 0.15) is 95.0 Å². The van der Waals surface area contributed by atoms with E-state index in [-0.39, 0.29) is 105 Å². The third kappa shape index (κ3) is 27.1. The van der Waals surface area contributed by atoms with Gasteiger partial charge in [-0.3, -0.25) is 9.59 Å². The summed E-state index contributed by atoms with van der Waals surface area (Å²) in [5, 5.41) is 25.3. The summed E-state index contributed by atoms with van der Waals surface area (Å²) in [5.74, 6) is 2.13. The summed E-state index contributed by atoms with van der Waals surface area (Å²) in [4.78, 5) is 38.1. The molecule has 0 saturated heterocycles. The second-order valence-electron chi connectivity index (χ2n) is 34.1. The van der Waals surface area contributed by atoms with Crippen LogP contribution in [0.4, 0.5) is 22.7 Å². The molecule has 0 amide bonds. The monoisotopic (exact) mass is 2530 g/mol. The van der Waals surface area contributed by atoms with Gasteiger partial charge >= 0.3 is 42.1 Å². The number of para-hydroxylation sites is 8. The van der Waals surface area contributed by atoms with E-state index in [2.05, 4.69) is 353 Å². The molecule has 5 aromatic heterocycles. The Labute approximate surface area is 863 Å². The fraction of sp³-hybridized carbons (Fsp3) is 0.133. The second kappa shape index (κ2) is 50.3. The number of fused-ring (bicyclic) bond motifs is 8. The van der Waals surface area contributed by atoms with E-state index in [1.165, 1.54) is 111 Å². The topological polar surface area (TPSA) is 139 Å². The minimum atomic E-state index is -1.48. The molecule has 2 N–H and O–H groups in total. The summed E-state index contributed by atoms with van der Waals surface area (Å²) >= 11 is 0. The number of hydrogen-bond donors (Lipinski definition) is 2. The van der Waals surface area contributed by atoms with Crippen molar-refractivity contribution in [1.82, 2.24) is 24.1 Å². The van der Waals surface area contributed by atoms with Gasteiger partial charge in [-0.05, 0) is 156 Å². The zero-order chi connectivity index (χ0) is 93.7. The Bertz CT molecular complexity index is 7010. The number of nitrogens with zero attached hydrogens (tertiary/aromatic N) is 7. The minimum absolute atomic E-state index is 0. The SMILES string of the molecule is CC(=O)C=C(C)O.CC(=O)C=C(C)O.C[Si](C)(C)c1cc(-c2[c-]cccc2)ncc1-c1ccccc1.Cc1[c-]c(-c2nccc3c(C(C)C)cc(C(C)C)cc23)cc(C)c1.Cc1cccnc1-c1[c-]cccc1.[Ir].[Ir].[Pt+2].[Pt+4].[c-]1ccccc1-n1c2[c-]c(Oc3[c-]c4c(cc3)c3ccccc3n4-c3[c-]cccc3)ccc2c2ccccc21.[c-]1ccccc1N1[CH-]N(c2ccccc2)c2ccccc21. The van der Waals surface area contributed by atoms with Gasteiger partial charge in [-0.15, -0.1) is 166 Å². The van der Waals surface area contributed by atoms with Gasteiger partial charge in [0.05, 0.1) is 19.6 Å². The molecule has 0 atom stereocenters. The van der Waals surface area contributed by atoms with Crippen LogP contribution in [0.2, 0.25) is 19.6 Å². The third-order valence-corrected chi connectivity index (χ3v) is 24.1. The summed E-state index contributed by atoms with van der Waals surface area (Å²) in [6.07, 6.45) is 8.10. The maximum absolute atomic E-state index is 10.0. The summed E-state index contributed by atoms with van der Waals surface area (Å²) < 4.78 is 10.8. The first-order valence-electron chi connectivity index (χ1n) is 44.5. The fourth-order valence-electron chi connectivity index (χ4n) is 16.1. The van der Waals surface area contributed by atoms with E-state index in [1.807, 2.05) is 140 Å². The quantitative estimate of drug-likeness (QED) is 0.0441. The smallest absolute Gasteiger partial charge is 0.512 e. The number of carbonyl (C=O) groups is 2. The number of rotatable bonds is 15. The molecule has 14 aromatic carbocycles. The molecule has 6 heterocycles. The number of ether oxygens (including phenoxy) is 1. The standard InChI is InChI=1S/C36H20N2O.C23H26N.C20H20NSi.C19H14N2.C12H10N.2C5H8O2.2Ir.2Pt/c1-3-11-25(12-4-1)37-33-17-9-7-15-29(33)31-21-19-27(23-35(31)37)39-28-20-22-32-30-16-8-10-18-34(30)38(36(32)24-28)26-13-5-2-6-14-26;1-14(2)18-12-21(15(3)4)20-7-8-24-23(22(20)13-18)19-10-16(5)9-17(6)11-19;1-22(2,3)20-14-19(17-12-8-5-9-13-17)21-15-18(20)16-10-6-4-7-11-16;1-3-9-16(10-4-1)20-15-21(17-11-5-2-6-12-17)19-14-8-7-13-18(19)20;1-10-6-5-9-13-12(10)11-7-3-2-4-8-11;2*1-4(6)3-5(2)7;;;;/h1-11,13,15-22H;7-10,12-15H,1-6H3;4-12,14-15H,1-3H3;1-11,13-15H;2-7,9H,1H3;2*3,6H,1-2H3;;;;/q-4;2*-1;-2;-1;;;;;+2;+4. The Hall–Kier alpha value is -12.9. The maximum atomic E-state index is 10.0. The van der Waals surface area contributed by atoms with Crippen molar-refractivity contribution < 1.29 is 107 Å². The van der Waals surface area contributed by atoms with Crippen LogP contribution >= 0.6 is 0 Å². The van der Waals surface area contributed by atoms with Crippen molar-refractivity contribution >= 4 is 102 Å². The Morgan fingerprint density at radius 3 is 1.39 bits per heavy atom. The zero-order valence-electron chi connectivity index (χ0n) is 78.8. The van der Waals surface area contributed by atoms with Crippen molar-refractivity contribution in [1.29, 1.82) is 0 Å². The van der Waals surface area contributed by atoms with Crippen LogP contribution < -0.4 is 19.7 Å².